The Bertz CT molecular complexity index is 789. The molecule has 1 aromatic carbocycles. The first-order valence-electron chi connectivity index (χ1n) is 12.2. The Labute approximate surface area is 192 Å². The molecule has 1 aromatic rings. The smallest absolute Gasteiger partial charge is 0.233 e. The van der Waals surface area contributed by atoms with E-state index in [9.17, 15) is 4.79 Å². The maximum Gasteiger partial charge on any atom is 0.233 e. The van der Waals surface area contributed by atoms with E-state index in [2.05, 4.69) is 23.2 Å². The van der Waals surface area contributed by atoms with Crippen LogP contribution in [0.5, 0.6) is 0 Å². The molecule has 0 aromatic heterocycles. The molecule has 4 aliphatic rings. The number of hydrogen-bond donors (Lipinski definition) is 1. The summed E-state index contributed by atoms with van der Waals surface area (Å²) >= 11 is 0. The number of benzene rings is 1. The third kappa shape index (κ3) is 4.26. The molecule has 1 spiro atoms. The van der Waals surface area contributed by atoms with E-state index in [1.54, 1.807) is 11.0 Å². The third-order valence-electron chi connectivity index (χ3n) is 8.58. The summed E-state index contributed by atoms with van der Waals surface area (Å²) < 4.78 is 15.1. The Morgan fingerprint density at radius 2 is 1.77 bits per heavy atom. The summed E-state index contributed by atoms with van der Waals surface area (Å²) in [7, 11) is 0. The highest BCUT2D eigenvalue weighted by atomic mass is 35.5. The van der Waals surface area contributed by atoms with Crippen LogP contribution in [0, 0.1) is 11.2 Å². The zero-order chi connectivity index (χ0) is 20.7. The predicted molar refractivity (Wildman–Crippen MR) is 126 cm³/mol. The lowest BCUT2D eigenvalue weighted by atomic mass is 9.77. The molecule has 6 heteroatoms. The molecule has 0 unspecified atom stereocenters. The van der Waals surface area contributed by atoms with E-state index in [0.29, 0.717) is 24.2 Å². The van der Waals surface area contributed by atoms with Crippen LogP contribution < -0.4 is 10.2 Å². The van der Waals surface area contributed by atoms with Gasteiger partial charge < -0.3 is 10.2 Å². The molecule has 172 valence electrons. The van der Waals surface area contributed by atoms with Crippen molar-refractivity contribution >= 4 is 24.0 Å². The van der Waals surface area contributed by atoms with Crippen molar-refractivity contribution in [2.75, 3.05) is 31.1 Å². The molecule has 1 atom stereocenters. The molecule has 3 saturated heterocycles. The lowest BCUT2D eigenvalue weighted by molar-refractivity contribution is -0.126. The van der Waals surface area contributed by atoms with Crippen LogP contribution >= 0.6 is 12.4 Å². The van der Waals surface area contributed by atoms with Gasteiger partial charge in [0, 0.05) is 18.6 Å². The van der Waals surface area contributed by atoms with Gasteiger partial charge in [-0.1, -0.05) is 6.07 Å². The predicted octanol–water partition coefficient (Wildman–Crippen LogP) is 4.86. The van der Waals surface area contributed by atoms with Crippen molar-refractivity contribution in [3.05, 3.63) is 29.6 Å². The van der Waals surface area contributed by atoms with Gasteiger partial charge in [-0.15, -0.1) is 12.4 Å². The number of carbonyl (C=O) groups excluding carboxylic acids is 1. The van der Waals surface area contributed by atoms with Gasteiger partial charge in [0.2, 0.25) is 5.91 Å². The summed E-state index contributed by atoms with van der Waals surface area (Å²) in [5, 5.41) is 3.34. The van der Waals surface area contributed by atoms with Crippen molar-refractivity contribution in [3.63, 3.8) is 0 Å². The summed E-state index contributed by atoms with van der Waals surface area (Å²) in [6.45, 7) is 6.04. The van der Waals surface area contributed by atoms with Gasteiger partial charge in [0.1, 0.15) is 5.82 Å². The summed E-state index contributed by atoms with van der Waals surface area (Å²) in [5.74, 6) is 0.366. The zero-order valence-corrected chi connectivity index (χ0v) is 19.6. The normalized spacial score (nSPS) is 31.2. The molecule has 0 bridgehead atoms. The number of rotatable bonds is 3. The van der Waals surface area contributed by atoms with Crippen LogP contribution in [-0.4, -0.2) is 49.1 Å². The van der Waals surface area contributed by atoms with Crippen LogP contribution in [0.2, 0.25) is 0 Å². The first kappa shape index (κ1) is 23.0. The fourth-order valence-electron chi connectivity index (χ4n) is 6.65. The third-order valence-corrected chi connectivity index (χ3v) is 8.58. The van der Waals surface area contributed by atoms with Crippen LogP contribution in [0.15, 0.2) is 18.2 Å². The van der Waals surface area contributed by atoms with Crippen LogP contribution in [0.3, 0.4) is 0 Å². The maximum absolute atomic E-state index is 15.1. The molecular weight excluding hydrogens is 413 g/mol. The topological polar surface area (TPSA) is 35.6 Å². The molecule has 1 amide bonds. The van der Waals surface area contributed by atoms with Gasteiger partial charge in [0.05, 0.1) is 11.1 Å². The van der Waals surface area contributed by atoms with Crippen molar-refractivity contribution in [2.24, 2.45) is 5.41 Å². The number of nitrogens with zero attached hydrogens (tertiary/aromatic N) is 2. The summed E-state index contributed by atoms with van der Waals surface area (Å²) in [4.78, 5) is 17.6. The minimum Gasteiger partial charge on any atom is -0.317 e. The average molecular weight is 450 g/mol. The summed E-state index contributed by atoms with van der Waals surface area (Å²) in [6, 6.07) is 7.12. The Hall–Kier alpha value is -1.17. The Balaban J connectivity index is 0.00000231. The second-order valence-corrected chi connectivity index (χ2v) is 10.2. The largest absolute Gasteiger partial charge is 0.317 e. The SMILES string of the molecule is C[C@@H]1CCCN1C1CCC(c2ccc(N3CCC4(CCNCC4)C3=O)c(F)c2)CC1.Cl. The number of piperidine rings is 1. The van der Waals surface area contributed by atoms with Crippen molar-refractivity contribution in [1.82, 2.24) is 10.2 Å². The maximum atomic E-state index is 15.1. The monoisotopic (exact) mass is 449 g/mol. The fraction of sp³-hybridized carbons (Fsp3) is 0.720. The summed E-state index contributed by atoms with van der Waals surface area (Å²) in [5.41, 5.74) is 1.34. The molecule has 4 fully saturated rings. The van der Waals surface area contributed by atoms with Crippen molar-refractivity contribution in [1.29, 1.82) is 0 Å². The molecule has 4 nitrogen and oxygen atoms in total. The molecule has 1 N–H and O–H groups in total. The lowest BCUT2D eigenvalue weighted by Crippen LogP contribution is -2.42. The first-order valence-corrected chi connectivity index (χ1v) is 12.2. The van der Waals surface area contributed by atoms with E-state index in [1.165, 1.54) is 32.2 Å². The first-order chi connectivity index (χ1) is 14.6. The minimum absolute atomic E-state index is 0. The van der Waals surface area contributed by atoms with E-state index in [-0.39, 0.29) is 29.5 Å². The quantitative estimate of drug-likeness (QED) is 0.715. The Kier molecular flexibility index (Phi) is 6.95. The van der Waals surface area contributed by atoms with Crippen molar-refractivity contribution in [3.8, 4) is 0 Å². The van der Waals surface area contributed by atoms with Gasteiger partial charge >= 0.3 is 0 Å². The van der Waals surface area contributed by atoms with Gasteiger partial charge in [0.25, 0.3) is 0 Å². The van der Waals surface area contributed by atoms with Gasteiger partial charge in [-0.2, -0.15) is 0 Å². The van der Waals surface area contributed by atoms with E-state index >= 15 is 4.39 Å². The fourth-order valence-corrected chi connectivity index (χ4v) is 6.65. The molecule has 3 heterocycles. The number of likely N-dealkylation sites (tertiary alicyclic amines) is 1. The number of hydrogen-bond acceptors (Lipinski definition) is 3. The molecule has 0 radical (unpaired) electrons. The number of anilines is 1. The van der Waals surface area contributed by atoms with E-state index in [1.807, 2.05) is 6.07 Å². The molecular formula is C25H37ClFN3O. The van der Waals surface area contributed by atoms with E-state index in [0.717, 1.165) is 56.8 Å². The van der Waals surface area contributed by atoms with Gasteiger partial charge in [0.15, 0.2) is 0 Å². The number of halogens is 2. The minimum atomic E-state index is -0.262. The second kappa shape index (κ2) is 9.36. The number of nitrogens with one attached hydrogen (secondary N) is 1. The molecule has 31 heavy (non-hydrogen) atoms. The average Bonchev–Trinajstić information content (AvgIpc) is 3.33. The highest BCUT2D eigenvalue weighted by Crippen LogP contribution is 2.43. The number of carbonyl (C=O) groups is 1. The Morgan fingerprint density at radius 3 is 2.42 bits per heavy atom. The molecule has 1 aliphatic carbocycles. The molecule has 1 saturated carbocycles. The van der Waals surface area contributed by atoms with Crippen molar-refractivity contribution in [2.45, 2.75) is 82.7 Å². The zero-order valence-electron chi connectivity index (χ0n) is 18.7. The van der Waals surface area contributed by atoms with Crippen LogP contribution in [-0.2, 0) is 4.79 Å². The second-order valence-electron chi connectivity index (χ2n) is 10.2. The van der Waals surface area contributed by atoms with Crippen LogP contribution in [0.25, 0.3) is 0 Å². The van der Waals surface area contributed by atoms with Crippen LogP contribution in [0.4, 0.5) is 10.1 Å². The standard InChI is InChI=1S/C25H36FN3O.ClH/c1-18-3-2-15-28(18)21-7-4-19(5-8-21)20-6-9-23(22(26)17-20)29-16-12-25(24(29)30)10-13-27-14-11-25;/h6,9,17-19,21,27H,2-5,7-8,10-16H2,1H3;1H/t18-,19?,21?;/m1./s1. The lowest BCUT2D eigenvalue weighted by Gasteiger charge is -2.37. The molecule has 5 rings (SSSR count). The molecule has 3 aliphatic heterocycles. The van der Waals surface area contributed by atoms with Crippen molar-refractivity contribution < 1.29 is 9.18 Å². The summed E-state index contributed by atoms with van der Waals surface area (Å²) in [6.07, 6.45) is 10.0. The Morgan fingerprint density at radius 1 is 1.03 bits per heavy atom. The van der Waals surface area contributed by atoms with Crippen LogP contribution in [0.1, 0.15) is 76.2 Å². The van der Waals surface area contributed by atoms with E-state index in [4.69, 9.17) is 0 Å². The number of amides is 1. The van der Waals surface area contributed by atoms with Gasteiger partial charge in [-0.05, 0) is 108 Å². The van der Waals surface area contributed by atoms with E-state index < -0.39 is 0 Å². The highest BCUT2D eigenvalue weighted by Gasteiger charge is 2.47. The van der Waals surface area contributed by atoms with Gasteiger partial charge in [-0.25, -0.2) is 4.39 Å². The highest BCUT2D eigenvalue weighted by molar-refractivity contribution is 6.00. The van der Waals surface area contributed by atoms with Gasteiger partial charge in [-0.3, -0.25) is 9.69 Å².